The molecule has 0 aliphatic carbocycles. The number of benzene rings is 2. The monoisotopic (exact) mass is 425 g/mol. The maximum absolute atomic E-state index is 5.96. The summed E-state index contributed by atoms with van der Waals surface area (Å²) in [6, 6.07) is 15.7. The lowest BCUT2D eigenvalue weighted by Crippen LogP contribution is -2.53. The van der Waals surface area contributed by atoms with Crippen molar-refractivity contribution in [1.82, 2.24) is 10.2 Å². The number of nitrogens with zero attached hydrogens (tertiary/aromatic N) is 2. The van der Waals surface area contributed by atoms with E-state index in [9.17, 15) is 0 Å². The maximum Gasteiger partial charge on any atom is 0.194 e. The van der Waals surface area contributed by atoms with Crippen molar-refractivity contribution in [2.75, 3.05) is 40.5 Å². The summed E-state index contributed by atoms with van der Waals surface area (Å²) in [7, 11) is 3.46. The minimum Gasteiger partial charge on any atom is -0.493 e. The lowest BCUT2D eigenvalue weighted by molar-refractivity contribution is -0.0817. The van der Waals surface area contributed by atoms with Gasteiger partial charge in [-0.1, -0.05) is 24.3 Å². The van der Waals surface area contributed by atoms with Gasteiger partial charge < -0.3 is 29.2 Å². The molecule has 7 nitrogen and oxygen atoms in total. The van der Waals surface area contributed by atoms with E-state index < -0.39 is 0 Å². The van der Waals surface area contributed by atoms with E-state index >= 15 is 0 Å². The molecule has 2 heterocycles. The van der Waals surface area contributed by atoms with E-state index in [1.165, 1.54) is 0 Å². The van der Waals surface area contributed by atoms with Gasteiger partial charge in [0, 0.05) is 33.3 Å². The maximum atomic E-state index is 5.96. The van der Waals surface area contributed by atoms with E-state index in [4.69, 9.17) is 18.9 Å². The highest BCUT2D eigenvalue weighted by atomic mass is 16.5. The first-order chi connectivity index (χ1) is 15.3. The van der Waals surface area contributed by atoms with E-state index in [1.54, 1.807) is 7.11 Å². The van der Waals surface area contributed by atoms with Crippen LogP contribution < -0.4 is 14.8 Å². The number of para-hydroxylation sites is 2. The molecule has 2 aromatic carbocycles. The lowest BCUT2D eigenvalue weighted by Gasteiger charge is -2.37. The molecular formula is C24H31N3O4. The standard InChI is InChI=1S/C24H31N3O4/c1-25-24(27-13-15-30-23(17-27)21-8-5-14-29-21)26-16-18-9-11-19(12-10-18)31-22-7-4-3-6-20(22)28-2/h3-4,6-7,9-12,21,23H,5,8,13-17H2,1-2H3,(H,25,26). The van der Waals surface area contributed by atoms with Gasteiger partial charge in [0.25, 0.3) is 0 Å². The van der Waals surface area contributed by atoms with E-state index in [0.717, 1.165) is 49.8 Å². The Morgan fingerprint density at radius 2 is 1.84 bits per heavy atom. The topological polar surface area (TPSA) is 64.6 Å². The van der Waals surface area contributed by atoms with Gasteiger partial charge in [0.15, 0.2) is 17.5 Å². The van der Waals surface area contributed by atoms with Gasteiger partial charge in [-0.3, -0.25) is 4.99 Å². The van der Waals surface area contributed by atoms with Crippen LogP contribution in [0.5, 0.6) is 17.2 Å². The molecule has 4 rings (SSSR count). The number of hydrogen-bond acceptors (Lipinski definition) is 5. The first-order valence-corrected chi connectivity index (χ1v) is 10.9. The summed E-state index contributed by atoms with van der Waals surface area (Å²) in [6.45, 7) is 3.85. The number of guanidine groups is 1. The van der Waals surface area contributed by atoms with Crippen LogP contribution in [0.3, 0.4) is 0 Å². The van der Waals surface area contributed by atoms with Crippen LogP contribution in [0.15, 0.2) is 53.5 Å². The molecule has 31 heavy (non-hydrogen) atoms. The molecule has 0 amide bonds. The van der Waals surface area contributed by atoms with Gasteiger partial charge in [0.1, 0.15) is 11.9 Å². The van der Waals surface area contributed by atoms with Gasteiger partial charge in [-0.25, -0.2) is 0 Å². The van der Waals surface area contributed by atoms with Gasteiger partial charge >= 0.3 is 0 Å². The fourth-order valence-corrected chi connectivity index (χ4v) is 4.01. The Morgan fingerprint density at radius 3 is 2.55 bits per heavy atom. The summed E-state index contributed by atoms with van der Waals surface area (Å²) in [5.41, 5.74) is 1.15. The summed E-state index contributed by atoms with van der Waals surface area (Å²) >= 11 is 0. The predicted molar refractivity (Wildman–Crippen MR) is 120 cm³/mol. The number of aliphatic imine (C=N–C) groups is 1. The van der Waals surface area contributed by atoms with Crippen molar-refractivity contribution in [3.63, 3.8) is 0 Å². The summed E-state index contributed by atoms with van der Waals surface area (Å²) in [6.07, 6.45) is 2.51. The van der Waals surface area contributed by atoms with Crippen LogP contribution in [0.4, 0.5) is 0 Å². The fraction of sp³-hybridized carbons (Fsp3) is 0.458. The summed E-state index contributed by atoms with van der Waals surface area (Å²) in [5, 5.41) is 3.47. The second-order valence-corrected chi connectivity index (χ2v) is 7.70. The Balaban J connectivity index is 1.31. The van der Waals surface area contributed by atoms with Crippen molar-refractivity contribution in [2.24, 2.45) is 4.99 Å². The molecule has 0 saturated carbocycles. The van der Waals surface area contributed by atoms with Crippen molar-refractivity contribution in [3.05, 3.63) is 54.1 Å². The number of hydrogen-bond donors (Lipinski definition) is 1. The second-order valence-electron chi connectivity index (χ2n) is 7.70. The zero-order chi connectivity index (χ0) is 21.5. The molecule has 0 bridgehead atoms. The van der Waals surface area contributed by atoms with Crippen molar-refractivity contribution in [3.8, 4) is 17.2 Å². The molecule has 0 aromatic heterocycles. The molecule has 2 atom stereocenters. The third kappa shape index (κ3) is 5.48. The number of nitrogens with one attached hydrogen (secondary N) is 1. The van der Waals surface area contributed by atoms with E-state index in [1.807, 2.05) is 43.4 Å². The zero-order valence-electron chi connectivity index (χ0n) is 18.3. The Bertz CT molecular complexity index is 865. The summed E-state index contributed by atoms with van der Waals surface area (Å²) in [5.74, 6) is 3.07. The smallest absolute Gasteiger partial charge is 0.194 e. The normalized spacial score (nSPS) is 21.7. The molecule has 2 unspecified atom stereocenters. The lowest BCUT2D eigenvalue weighted by atomic mass is 10.1. The third-order valence-corrected chi connectivity index (χ3v) is 5.66. The van der Waals surface area contributed by atoms with Crippen LogP contribution in [-0.4, -0.2) is 63.5 Å². The molecular weight excluding hydrogens is 394 g/mol. The quantitative estimate of drug-likeness (QED) is 0.565. The van der Waals surface area contributed by atoms with Crippen LogP contribution in [0.2, 0.25) is 0 Å². The number of methoxy groups -OCH3 is 1. The highest BCUT2D eigenvalue weighted by Gasteiger charge is 2.32. The number of ether oxygens (including phenoxy) is 4. The summed E-state index contributed by atoms with van der Waals surface area (Å²) in [4.78, 5) is 6.74. The van der Waals surface area contributed by atoms with E-state index in [2.05, 4.69) is 27.3 Å². The van der Waals surface area contributed by atoms with Crippen LogP contribution >= 0.6 is 0 Å². The van der Waals surface area contributed by atoms with Gasteiger partial charge in [0.2, 0.25) is 0 Å². The molecule has 7 heteroatoms. The van der Waals surface area contributed by atoms with Crippen LogP contribution in [0, 0.1) is 0 Å². The van der Waals surface area contributed by atoms with E-state index in [0.29, 0.717) is 24.7 Å². The number of rotatable bonds is 6. The Kier molecular flexibility index (Phi) is 7.27. The summed E-state index contributed by atoms with van der Waals surface area (Å²) < 4.78 is 23.1. The first kappa shape index (κ1) is 21.5. The minimum absolute atomic E-state index is 0.112. The zero-order valence-corrected chi connectivity index (χ0v) is 18.3. The van der Waals surface area contributed by atoms with Crippen molar-refractivity contribution < 1.29 is 18.9 Å². The Hall–Kier alpha value is -2.77. The number of morpholine rings is 1. The molecule has 1 N–H and O–H groups in total. The molecule has 0 spiro atoms. The molecule has 2 aliphatic rings. The molecule has 2 fully saturated rings. The van der Waals surface area contributed by atoms with Gasteiger partial charge in [-0.2, -0.15) is 0 Å². The molecule has 0 radical (unpaired) electrons. The van der Waals surface area contributed by atoms with Gasteiger partial charge in [-0.15, -0.1) is 0 Å². The van der Waals surface area contributed by atoms with Crippen LogP contribution in [0.25, 0.3) is 0 Å². The first-order valence-electron chi connectivity index (χ1n) is 10.9. The van der Waals surface area contributed by atoms with Crippen molar-refractivity contribution in [1.29, 1.82) is 0 Å². The largest absolute Gasteiger partial charge is 0.493 e. The molecule has 2 saturated heterocycles. The average Bonchev–Trinajstić information content (AvgIpc) is 3.36. The third-order valence-electron chi connectivity index (χ3n) is 5.66. The highest BCUT2D eigenvalue weighted by molar-refractivity contribution is 5.80. The van der Waals surface area contributed by atoms with Gasteiger partial charge in [0.05, 0.1) is 19.8 Å². The minimum atomic E-state index is 0.112. The molecule has 2 aromatic rings. The highest BCUT2D eigenvalue weighted by Crippen LogP contribution is 2.30. The Labute approximate surface area is 184 Å². The van der Waals surface area contributed by atoms with Crippen LogP contribution in [0.1, 0.15) is 18.4 Å². The second kappa shape index (κ2) is 10.5. The SMILES string of the molecule is CN=C(NCc1ccc(Oc2ccccc2OC)cc1)N1CCOC(C2CCCO2)C1. The Morgan fingerprint density at radius 1 is 1.06 bits per heavy atom. The molecule has 2 aliphatic heterocycles. The van der Waals surface area contributed by atoms with Crippen LogP contribution in [-0.2, 0) is 16.0 Å². The average molecular weight is 426 g/mol. The predicted octanol–water partition coefficient (Wildman–Crippen LogP) is 3.44. The fourth-order valence-electron chi connectivity index (χ4n) is 4.01. The van der Waals surface area contributed by atoms with E-state index in [-0.39, 0.29) is 12.2 Å². The van der Waals surface area contributed by atoms with Crippen molar-refractivity contribution in [2.45, 2.75) is 31.6 Å². The van der Waals surface area contributed by atoms with Gasteiger partial charge in [-0.05, 0) is 42.7 Å². The molecule has 166 valence electrons. The van der Waals surface area contributed by atoms with Crippen molar-refractivity contribution >= 4 is 5.96 Å².